The van der Waals surface area contributed by atoms with Crippen LogP contribution >= 0.6 is 0 Å². The van der Waals surface area contributed by atoms with Crippen LogP contribution in [0.5, 0.6) is 0 Å². The molecule has 2 aliphatic heterocycles. The second-order valence-corrected chi connectivity index (χ2v) is 6.54. The summed E-state index contributed by atoms with van der Waals surface area (Å²) in [5, 5.41) is 4.17. The van der Waals surface area contributed by atoms with Crippen LogP contribution < -0.4 is 0 Å². The molecule has 7 nitrogen and oxygen atoms in total. The van der Waals surface area contributed by atoms with E-state index in [-0.39, 0.29) is 18.4 Å². The van der Waals surface area contributed by atoms with Gasteiger partial charge in [-0.25, -0.2) is 0 Å². The summed E-state index contributed by atoms with van der Waals surface area (Å²) in [4.78, 5) is 29.2. The van der Waals surface area contributed by atoms with Gasteiger partial charge in [0.15, 0.2) is 0 Å². The first-order valence-corrected chi connectivity index (χ1v) is 8.17. The van der Waals surface area contributed by atoms with Crippen LogP contribution in [-0.4, -0.2) is 69.8 Å². The molecule has 2 saturated heterocycles. The van der Waals surface area contributed by atoms with Crippen molar-refractivity contribution in [2.75, 3.05) is 32.8 Å². The lowest BCUT2D eigenvalue weighted by molar-refractivity contribution is -0.153. The third kappa shape index (κ3) is 3.10. The Morgan fingerprint density at radius 3 is 2.70 bits per heavy atom. The van der Waals surface area contributed by atoms with Gasteiger partial charge >= 0.3 is 0 Å². The number of aromatic nitrogens is 2. The molecule has 1 aromatic heterocycles. The molecule has 0 radical (unpaired) electrons. The third-order valence-corrected chi connectivity index (χ3v) is 4.76. The van der Waals surface area contributed by atoms with Crippen LogP contribution in [0.25, 0.3) is 0 Å². The van der Waals surface area contributed by atoms with E-state index in [2.05, 4.69) is 5.10 Å². The zero-order valence-corrected chi connectivity index (χ0v) is 13.8. The summed E-state index contributed by atoms with van der Waals surface area (Å²) in [5.41, 5.74) is 0.280. The minimum absolute atomic E-state index is 0.0447. The minimum Gasteiger partial charge on any atom is -0.378 e. The average molecular weight is 320 g/mol. The monoisotopic (exact) mass is 320 g/mol. The summed E-state index contributed by atoms with van der Waals surface area (Å²) in [6, 6.07) is 0. The Bertz CT molecular complexity index is 594. The first kappa shape index (κ1) is 16.0. The normalized spacial score (nSPS) is 25.0. The lowest BCUT2D eigenvalue weighted by Crippen LogP contribution is -2.58. The van der Waals surface area contributed by atoms with Crippen LogP contribution in [0.4, 0.5) is 0 Å². The number of amides is 2. The van der Waals surface area contributed by atoms with E-state index in [1.165, 1.54) is 0 Å². The van der Waals surface area contributed by atoms with Crippen LogP contribution in [0, 0.1) is 6.92 Å². The van der Waals surface area contributed by atoms with Crippen molar-refractivity contribution >= 4 is 11.8 Å². The van der Waals surface area contributed by atoms with Crippen molar-refractivity contribution in [3.05, 3.63) is 18.0 Å². The molecule has 2 aliphatic rings. The molecule has 0 spiro atoms. The van der Waals surface area contributed by atoms with E-state index < -0.39 is 5.54 Å². The zero-order valence-electron chi connectivity index (χ0n) is 13.8. The van der Waals surface area contributed by atoms with Crippen molar-refractivity contribution < 1.29 is 14.3 Å². The van der Waals surface area contributed by atoms with E-state index in [1.54, 1.807) is 15.8 Å². The van der Waals surface area contributed by atoms with Crippen LogP contribution in [0.2, 0.25) is 0 Å². The number of rotatable bonds is 3. The Balaban J connectivity index is 1.72. The SMILES string of the molecule is Cc1cnn(CC(=O)N2CCCC2(C)C(=O)N2CCOCC2)c1. The Kier molecular flexibility index (Phi) is 4.39. The molecule has 0 saturated carbocycles. The fraction of sp³-hybridized carbons (Fsp3) is 0.688. The van der Waals surface area contributed by atoms with Gasteiger partial charge in [0.25, 0.3) is 0 Å². The topological polar surface area (TPSA) is 67.7 Å². The van der Waals surface area contributed by atoms with Crippen molar-refractivity contribution in [2.24, 2.45) is 0 Å². The molecule has 7 heteroatoms. The first-order chi connectivity index (χ1) is 11.0. The highest BCUT2D eigenvalue weighted by Crippen LogP contribution is 2.31. The quantitative estimate of drug-likeness (QED) is 0.810. The fourth-order valence-corrected chi connectivity index (χ4v) is 3.47. The molecule has 3 rings (SSSR count). The average Bonchev–Trinajstić information content (AvgIpc) is 3.14. The van der Waals surface area contributed by atoms with Gasteiger partial charge in [-0.2, -0.15) is 5.10 Å². The van der Waals surface area contributed by atoms with E-state index in [0.29, 0.717) is 39.3 Å². The van der Waals surface area contributed by atoms with Crippen molar-refractivity contribution in [3.8, 4) is 0 Å². The Labute approximate surface area is 136 Å². The van der Waals surface area contributed by atoms with Crippen LogP contribution in [0.1, 0.15) is 25.3 Å². The van der Waals surface area contributed by atoms with Crippen molar-refractivity contribution in [2.45, 2.75) is 38.8 Å². The molecule has 0 aliphatic carbocycles. The maximum absolute atomic E-state index is 12.9. The van der Waals surface area contributed by atoms with Gasteiger partial charge in [-0.05, 0) is 32.3 Å². The molecular weight excluding hydrogens is 296 g/mol. The summed E-state index contributed by atoms with van der Waals surface area (Å²) in [6.45, 7) is 7.00. The number of ether oxygens (including phenoxy) is 1. The Morgan fingerprint density at radius 2 is 2.04 bits per heavy atom. The second kappa shape index (κ2) is 6.31. The summed E-state index contributed by atoms with van der Waals surface area (Å²) in [6.07, 6.45) is 5.15. The molecule has 0 bridgehead atoms. The van der Waals surface area contributed by atoms with Gasteiger partial charge in [-0.3, -0.25) is 14.3 Å². The van der Waals surface area contributed by atoms with Crippen LogP contribution in [0.3, 0.4) is 0 Å². The number of likely N-dealkylation sites (tertiary alicyclic amines) is 1. The highest BCUT2D eigenvalue weighted by molar-refractivity contribution is 5.91. The fourth-order valence-electron chi connectivity index (χ4n) is 3.47. The summed E-state index contributed by atoms with van der Waals surface area (Å²) >= 11 is 0. The van der Waals surface area contributed by atoms with E-state index >= 15 is 0 Å². The maximum atomic E-state index is 12.9. The first-order valence-electron chi connectivity index (χ1n) is 8.17. The highest BCUT2D eigenvalue weighted by Gasteiger charge is 2.47. The molecule has 0 N–H and O–H groups in total. The molecule has 3 heterocycles. The standard InChI is InChI=1S/C16H24N4O3/c1-13-10-17-19(11-13)12-14(21)20-5-3-4-16(20,2)15(22)18-6-8-23-9-7-18/h10-11H,3-9,12H2,1-2H3. The molecule has 23 heavy (non-hydrogen) atoms. The van der Waals surface area contributed by atoms with E-state index in [0.717, 1.165) is 12.0 Å². The van der Waals surface area contributed by atoms with Crippen molar-refractivity contribution in [1.29, 1.82) is 0 Å². The van der Waals surface area contributed by atoms with E-state index in [1.807, 2.05) is 24.9 Å². The third-order valence-electron chi connectivity index (χ3n) is 4.76. The van der Waals surface area contributed by atoms with Crippen molar-refractivity contribution in [1.82, 2.24) is 19.6 Å². The van der Waals surface area contributed by atoms with Gasteiger partial charge in [0.05, 0.1) is 19.4 Å². The number of hydrogen-bond donors (Lipinski definition) is 0. The van der Waals surface area contributed by atoms with Gasteiger partial charge in [0.2, 0.25) is 11.8 Å². The molecule has 2 amide bonds. The molecule has 2 fully saturated rings. The maximum Gasteiger partial charge on any atom is 0.248 e. The van der Waals surface area contributed by atoms with E-state index in [4.69, 9.17) is 4.74 Å². The van der Waals surface area contributed by atoms with Gasteiger partial charge < -0.3 is 14.5 Å². The number of nitrogens with zero attached hydrogens (tertiary/aromatic N) is 4. The molecular formula is C16H24N4O3. The molecule has 126 valence electrons. The summed E-state index contributed by atoms with van der Waals surface area (Å²) < 4.78 is 6.95. The van der Waals surface area contributed by atoms with Crippen LogP contribution in [0.15, 0.2) is 12.4 Å². The molecule has 1 unspecified atom stereocenters. The highest BCUT2D eigenvalue weighted by atomic mass is 16.5. The smallest absolute Gasteiger partial charge is 0.248 e. The van der Waals surface area contributed by atoms with Gasteiger partial charge in [0, 0.05) is 25.8 Å². The number of hydrogen-bond acceptors (Lipinski definition) is 4. The predicted octanol–water partition coefficient (Wildman–Crippen LogP) is 0.431. The lowest BCUT2D eigenvalue weighted by atomic mass is 9.96. The van der Waals surface area contributed by atoms with Gasteiger partial charge in [-0.1, -0.05) is 0 Å². The number of aryl methyl sites for hydroxylation is 1. The molecule has 0 aromatic carbocycles. The lowest BCUT2D eigenvalue weighted by Gasteiger charge is -2.39. The number of carbonyl (C=O) groups is 2. The molecule has 1 aromatic rings. The molecule has 1 atom stereocenters. The Morgan fingerprint density at radius 1 is 1.30 bits per heavy atom. The predicted molar refractivity (Wildman–Crippen MR) is 83.7 cm³/mol. The summed E-state index contributed by atoms with van der Waals surface area (Å²) in [5.74, 6) is -0.00185. The van der Waals surface area contributed by atoms with Gasteiger partial charge in [-0.15, -0.1) is 0 Å². The van der Waals surface area contributed by atoms with Gasteiger partial charge in [0.1, 0.15) is 12.1 Å². The van der Waals surface area contributed by atoms with Crippen LogP contribution in [-0.2, 0) is 20.9 Å². The Hall–Kier alpha value is -1.89. The minimum atomic E-state index is -0.739. The second-order valence-electron chi connectivity index (χ2n) is 6.54. The summed E-state index contributed by atoms with van der Waals surface area (Å²) in [7, 11) is 0. The van der Waals surface area contributed by atoms with Crippen molar-refractivity contribution in [3.63, 3.8) is 0 Å². The van der Waals surface area contributed by atoms with E-state index in [9.17, 15) is 9.59 Å². The number of morpholine rings is 1. The largest absolute Gasteiger partial charge is 0.378 e. The number of carbonyl (C=O) groups excluding carboxylic acids is 2. The zero-order chi connectivity index (χ0) is 16.4.